The smallest absolute Gasteiger partial charge is 0.293 e. The number of furan rings is 2. The van der Waals surface area contributed by atoms with Crippen LogP contribution in [0.25, 0.3) is 77.7 Å². The second kappa shape index (κ2) is 32.6. The molecule has 0 saturated carbocycles. The number of nitrogens with zero attached hydrogens (tertiary/aromatic N) is 6. The van der Waals surface area contributed by atoms with Crippen molar-refractivity contribution in [3.05, 3.63) is 254 Å². The van der Waals surface area contributed by atoms with Crippen LogP contribution < -0.4 is 32.3 Å². The molecule has 12 aromatic rings. The highest BCUT2D eigenvalue weighted by Gasteiger charge is 2.24. The van der Waals surface area contributed by atoms with Crippen molar-refractivity contribution < 1.29 is 55.1 Å². The summed E-state index contributed by atoms with van der Waals surface area (Å²) in [6.07, 6.45) is 16.5. The van der Waals surface area contributed by atoms with Gasteiger partial charge in [-0.2, -0.15) is 14.4 Å². The number of ether oxygens (including phenoxy) is 3. The molecule has 0 bridgehead atoms. The van der Waals surface area contributed by atoms with Crippen molar-refractivity contribution in [2.45, 2.75) is 80.8 Å². The first kappa shape index (κ1) is 70.5. The maximum Gasteiger partial charge on any atom is 0.293 e. The Morgan fingerprint density at radius 3 is 1.96 bits per heavy atom. The van der Waals surface area contributed by atoms with Gasteiger partial charge in [-0.05, 0) is 167 Å². The zero-order chi connectivity index (χ0) is 68.7. The molecule has 0 atom stereocenters. The lowest BCUT2D eigenvalue weighted by Crippen LogP contribution is -2.31. The average Bonchev–Trinajstić information content (AvgIpc) is 1.40. The van der Waals surface area contributed by atoms with Crippen LogP contribution in [-0.2, 0) is 64.2 Å². The van der Waals surface area contributed by atoms with E-state index in [-0.39, 0.29) is 12.4 Å². The van der Waals surface area contributed by atoms with Gasteiger partial charge in [-0.3, -0.25) is 4.79 Å². The van der Waals surface area contributed by atoms with Gasteiger partial charge in [-0.1, -0.05) is 77.8 Å². The first-order chi connectivity index (χ1) is 46.2. The van der Waals surface area contributed by atoms with Gasteiger partial charge in [0.25, 0.3) is 12.4 Å². The van der Waals surface area contributed by atoms with Gasteiger partial charge in [0.2, 0.25) is 34.7 Å². The van der Waals surface area contributed by atoms with Crippen LogP contribution >= 0.6 is 34.5 Å². The topological polar surface area (TPSA) is 114 Å². The molecule has 0 N–H and O–H groups in total. The van der Waals surface area contributed by atoms with E-state index in [1.807, 2.05) is 112 Å². The van der Waals surface area contributed by atoms with Gasteiger partial charge in [0, 0.05) is 70.1 Å². The molecule has 4 aromatic carbocycles. The number of fused-ring (bicyclic) bond motifs is 2. The number of halogens is 3. The summed E-state index contributed by atoms with van der Waals surface area (Å²) in [5.41, 5.74) is 23.1. The number of hydrogen-bond donors (Lipinski definition) is 0. The first-order valence-corrected chi connectivity index (χ1v) is 33.3. The maximum absolute atomic E-state index is 13.4. The molecule has 12 nitrogen and oxygen atoms in total. The van der Waals surface area contributed by atoms with E-state index < -0.39 is 0 Å². The number of benzene rings is 4. The summed E-state index contributed by atoms with van der Waals surface area (Å²) in [4.78, 5) is 12.1. The van der Waals surface area contributed by atoms with E-state index in [9.17, 15) is 9.18 Å². The highest BCUT2D eigenvalue weighted by Crippen LogP contribution is 2.36. The largest absolute Gasteiger partial charge is 0.488 e. The summed E-state index contributed by atoms with van der Waals surface area (Å²) in [7, 11) is 11.5. The summed E-state index contributed by atoms with van der Waals surface area (Å²) in [5, 5.41) is 11.2. The summed E-state index contributed by atoms with van der Waals surface area (Å²) in [6, 6.07) is 51.0. The molecule has 8 aromatic heterocycles. The molecule has 490 valence electrons. The third-order valence-electron chi connectivity index (χ3n) is 16.9. The minimum Gasteiger partial charge on any atom is -0.488 e. The molecule has 0 fully saturated rings. The summed E-state index contributed by atoms with van der Waals surface area (Å²) in [6.45, 7) is 15.7. The number of hydrogen-bond acceptors (Lipinski definition) is 8. The molecule has 0 amide bonds. The molecular formula is C80H82Cl2FN6O6S+5. The zero-order valence-electron chi connectivity index (χ0n) is 56.8. The fraction of sp³-hybridized carbons (Fsp3) is 0.237. The van der Waals surface area contributed by atoms with E-state index in [0.29, 0.717) is 33.9 Å². The van der Waals surface area contributed by atoms with Crippen LogP contribution in [0.4, 0.5) is 4.39 Å². The van der Waals surface area contributed by atoms with E-state index in [1.54, 1.807) is 43.5 Å². The Balaban J connectivity index is 0.000000141. The Morgan fingerprint density at radius 2 is 1.29 bits per heavy atom. The first-order valence-electron chi connectivity index (χ1n) is 31.7. The molecule has 1 aliphatic carbocycles. The van der Waals surface area contributed by atoms with Crippen LogP contribution in [0.1, 0.15) is 74.9 Å². The Kier molecular flexibility index (Phi) is 23.9. The molecule has 0 aliphatic heterocycles. The molecule has 0 spiro atoms. The predicted octanol–water partition coefficient (Wildman–Crippen LogP) is 17.1. The van der Waals surface area contributed by atoms with Crippen molar-refractivity contribution in [3.8, 4) is 84.5 Å². The third kappa shape index (κ3) is 17.2. The van der Waals surface area contributed by atoms with Crippen molar-refractivity contribution >= 4 is 52.0 Å². The Morgan fingerprint density at radius 1 is 0.615 bits per heavy atom. The lowest BCUT2D eigenvalue weighted by Gasteiger charge is -2.18. The van der Waals surface area contributed by atoms with Gasteiger partial charge in [-0.15, -0.1) is 11.3 Å². The fourth-order valence-corrected chi connectivity index (χ4v) is 13.6. The molecule has 1 aliphatic rings. The summed E-state index contributed by atoms with van der Waals surface area (Å²) >= 11 is 13.6. The Labute approximate surface area is 576 Å². The van der Waals surface area contributed by atoms with Crippen molar-refractivity contribution in [2.75, 3.05) is 13.7 Å². The van der Waals surface area contributed by atoms with Crippen molar-refractivity contribution in [1.29, 1.82) is 5.26 Å². The number of aryl methyl sites for hydroxylation is 13. The highest BCUT2D eigenvalue weighted by atomic mass is 35.5. The average molecular weight is 1350 g/mol. The maximum atomic E-state index is 13.4. The van der Waals surface area contributed by atoms with Crippen LogP contribution in [-0.4, -0.2) is 20.2 Å². The number of nitriles is 1. The fourth-order valence-electron chi connectivity index (χ4n) is 11.9. The summed E-state index contributed by atoms with van der Waals surface area (Å²) in [5.74, 6) is 1.92. The second-order valence-corrected chi connectivity index (χ2v) is 25.7. The molecule has 96 heavy (non-hydrogen) atoms. The van der Waals surface area contributed by atoms with Crippen LogP contribution in [0, 0.1) is 58.7 Å². The molecule has 0 radical (unpaired) electrons. The number of pyridine rings is 5. The van der Waals surface area contributed by atoms with Gasteiger partial charge in [0.05, 0.1) is 31.1 Å². The van der Waals surface area contributed by atoms with E-state index in [0.717, 1.165) is 77.8 Å². The van der Waals surface area contributed by atoms with Crippen LogP contribution in [0.15, 0.2) is 192 Å². The van der Waals surface area contributed by atoms with Crippen LogP contribution in [0.5, 0.6) is 11.7 Å². The minimum atomic E-state index is -0.227. The number of methoxy groups -OCH3 is 1. The van der Waals surface area contributed by atoms with E-state index >= 15 is 0 Å². The van der Waals surface area contributed by atoms with Crippen molar-refractivity contribution in [3.63, 3.8) is 0 Å². The standard InChI is InChI=1S/C19H24NO.C19H18N.C15H13FNO.C15H15N2O2S.C12H12Cl2NO2/c1-4-21-17-9-10-19(20(3)13-17)18-12-16-8-6-5-7-15(16)11-14(18)2;1-15-8-6-7-11-18(15)19-14-17(12-13-20(19)2)16-9-4-3-5-10-16;1-10-7-15-11(4-6-18-15)8-13(10)14-9-12(16)3-5-17(14)2;1-10-4-13(6-16)20-15(10)14-5-12(8-19-9-18)11(2)7-17(14)3;1-7-9(5-11(16-3)17-7)12-10(14)4-8(13)6-15(12)2/h9-13H,4-8H2,1-3H3;3-14H,1-2H3;3-9H,1-2H3;4-5,7,9H,8H2,1-3H3;4-6H,1-3H3/q5*+1. The molecule has 0 unspecified atom stereocenters. The number of rotatable bonds is 12. The van der Waals surface area contributed by atoms with E-state index in [2.05, 4.69) is 147 Å². The van der Waals surface area contributed by atoms with Gasteiger partial charge in [0.15, 0.2) is 30.5 Å². The lowest BCUT2D eigenvalue weighted by atomic mass is 9.87. The Bertz CT molecular complexity index is 4760. The van der Waals surface area contributed by atoms with E-state index in [4.69, 9.17) is 51.5 Å². The van der Waals surface area contributed by atoms with Gasteiger partial charge in [0.1, 0.15) is 84.9 Å². The second-order valence-electron chi connectivity index (χ2n) is 23.8. The number of aromatic nitrogens is 5. The van der Waals surface area contributed by atoms with Gasteiger partial charge < -0.3 is 23.0 Å². The SMILES string of the molecule is CCOc1ccc(-c2cc3c(cc2C)CCCC3)[n+](C)c1.COc1cc(-c2c(Cl)cc(Cl)c[n+]2C)c(C)o1.Cc1c[n+](C)c(-c2sc(C#N)cc2C)cc1COC=O.Cc1cc2occc2cc1-c1cc(F)cc[n+]1C.Cc1ccccc1-c1cc(-c2ccccc2)cc[n+]1C. The highest BCUT2D eigenvalue weighted by molar-refractivity contribution is 7.16. The monoisotopic (exact) mass is 1340 g/mol. The molecule has 0 saturated heterocycles. The van der Waals surface area contributed by atoms with Crippen LogP contribution in [0.3, 0.4) is 0 Å². The molecular weight excluding hydrogens is 1260 g/mol. The minimum absolute atomic E-state index is 0.227. The van der Waals surface area contributed by atoms with Crippen molar-refractivity contribution in [1.82, 2.24) is 0 Å². The normalized spacial score (nSPS) is 11.3. The summed E-state index contributed by atoms with van der Waals surface area (Å²) < 4.78 is 49.8. The van der Waals surface area contributed by atoms with Gasteiger partial charge >= 0.3 is 0 Å². The quantitative estimate of drug-likeness (QED) is 0.0884. The zero-order valence-corrected chi connectivity index (χ0v) is 59.1. The molecule has 13 rings (SSSR count). The predicted molar refractivity (Wildman–Crippen MR) is 379 cm³/mol. The molecule has 8 heterocycles. The number of carbonyl (C=O) groups excluding carboxylic acids is 1. The van der Waals surface area contributed by atoms with E-state index in [1.165, 1.54) is 93.4 Å². The Hall–Kier alpha value is -9.78. The lowest BCUT2D eigenvalue weighted by molar-refractivity contribution is -0.660. The van der Waals surface area contributed by atoms with Gasteiger partial charge in [-0.25, -0.2) is 18.1 Å². The van der Waals surface area contributed by atoms with Crippen LogP contribution in [0.2, 0.25) is 10.0 Å². The van der Waals surface area contributed by atoms with Crippen molar-refractivity contribution in [2.24, 2.45) is 35.2 Å². The number of carbonyl (C=O) groups is 1. The third-order valence-corrected chi connectivity index (χ3v) is 18.6. The molecule has 16 heteroatoms. The number of thiophene rings is 1.